The molecule has 3 N–H and O–H groups in total. The van der Waals surface area contributed by atoms with E-state index in [1.807, 2.05) is 0 Å². The maximum atomic E-state index is 12.7. The van der Waals surface area contributed by atoms with Crippen LogP contribution in [0.3, 0.4) is 0 Å². The fourth-order valence-corrected chi connectivity index (χ4v) is 1.68. The molecule has 0 aliphatic carbocycles. The van der Waals surface area contributed by atoms with Gasteiger partial charge in [0.05, 0.1) is 0 Å². The second kappa shape index (κ2) is 5.58. The van der Waals surface area contributed by atoms with Crippen molar-refractivity contribution < 1.29 is 9.18 Å². The fourth-order valence-electron chi connectivity index (χ4n) is 1.55. The number of anilines is 1. The number of halogens is 1. The SMILES string of the molecule is NC(=S)c1cccc(C(=O)Nc2ccc(F)cc2)c1. The van der Waals surface area contributed by atoms with E-state index in [1.165, 1.54) is 24.3 Å². The second-order valence-electron chi connectivity index (χ2n) is 3.91. The van der Waals surface area contributed by atoms with Crippen LogP contribution in [0.15, 0.2) is 48.5 Å². The van der Waals surface area contributed by atoms with E-state index < -0.39 is 0 Å². The summed E-state index contributed by atoms with van der Waals surface area (Å²) in [7, 11) is 0. The summed E-state index contributed by atoms with van der Waals surface area (Å²) in [6, 6.07) is 12.2. The maximum absolute atomic E-state index is 12.7. The average Bonchev–Trinajstić information content (AvgIpc) is 2.41. The number of benzene rings is 2. The van der Waals surface area contributed by atoms with Gasteiger partial charge in [-0.3, -0.25) is 4.79 Å². The number of rotatable bonds is 3. The molecule has 1 amide bonds. The highest BCUT2D eigenvalue weighted by Crippen LogP contribution is 2.11. The van der Waals surface area contributed by atoms with Crippen LogP contribution < -0.4 is 11.1 Å². The van der Waals surface area contributed by atoms with E-state index in [9.17, 15) is 9.18 Å². The van der Waals surface area contributed by atoms with Crippen molar-refractivity contribution in [3.05, 3.63) is 65.5 Å². The first-order valence-electron chi connectivity index (χ1n) is 5.53. The molecule has 96 valence electrons. The molecular weight excluding hydrogens is 263 g/mol. The average molecular weight is 274 g/mol. The van der Waals surface area contributed by atoms with E-state index in [-0.39, 0.29) is 16.7 Å². The molecule has 0 spiro atoms. The Hall–Kier alpha value is -2.27. The lowest BCUT2D eigenvalue weighted by molar-refractivity contribution is 0.102. The molecule has 2 aromatic carbocycles. The fraction of sp³-hybridized carbons (Fsp3) is 0. The molecule has 0 fully saturated rings. The zero-order valence-electron chi connectivity index (χ0n) is 9.89. The van der Waals surface area contributed by atoms with Crippen molar-refractivity contribution >= 4 is 28.8 Å². The Bertz CT molecular complexity index is 626. The lowest BCUT2D eigenvalue weighted by Gasteiger charge is -2.06. The van der Waals surface area contributed by atoms with Crippen molar-refractivity contribution in [2.24, 2.45) is 5.73 Å². The summed E-state index contributed by atoms with van der Waals surface area (Å²) >= 11 is 4.86. The molecule has 3 nitrogen and oxygen atoms in total. The molecule has 0 radical (unpaired) electrons. The van der Waals surface area contributed by atoms with Crippen LogP contribution in [0.4, 0.5) is 10.1 Å². The van der Waals surface area contributed by atoms with Gasteiger partial charge in [-0.1, -0.05) is 24.4 Å². The van der Waals surface area contributed by atoms with Crippen molar-refractivity contribution in [1.82, 2.24) is 0 Å². The molecule has 0 bridgehead atoms. The van der Waals surface area contributed by atoms with Crippen LogP contribution in [-0.2, 0) is 0 Å². The van der Waals surface area contributed by atoms with Crippen LogP contribution in [-0.4, -0.2) is 10.9 Å². The van der Waals surface area contributed by atoms with Gasteiger partial charge in [0.15, 0.2) is 0 Å². The van der Waals surface area contributed by atoms with Crippen LogP contribution in [0.25, 0.3) is 0 Å². The Morgan fingerprint density at radius 3 is 2.37 bits per heavy atom. The van der Waals surface area contributed by atoms with Crippen molar-refractivity contribution in [2.75, 3.05) is 5.32 Å². The predicted molar refractivity (Wildman–Crippen MR) is 76.7 cm³/mol. The summed E-state index contributed by atoms with van der Waals surface area (Å²) in [5.41, 5.74) is 7.10. The normalized spacial score (nSPS) is 9.95. The number of nitrogens with two attached hydrogens (primary N) is 1. The zero-order valence-corrected chi connectivity index (χ0v) is 10.7. The summed E-state index contributed by atoms with van der Waals surface area (Å²) in [5, 5.41) is 2.66. The van der Waals surface area contributed by atoms with Gasteiger partial charge in [0.2, 0.25) is 0 Å². The van der Waals surface area contributed by atoms with Gasteiger partial charge in [-0.05, 0) is 36.4 Å². The first kappa shape index (κ1) is 13.2. The zero-order chi connectivity index (χ0) is 13.8. The lowest BCUT2D eigenvalue weighted by Crippen LogP contribution is -2.14. The molecule has 5 heteroatoms. The molecule has 0 unspecified atom stereocenters. The third-order valence-electron chi connectivity index (χ3n) is 2.51. The van der Waals surface area contributed by atoms with E-state index in [1.54, 1.807) is 24.3 Å². The Balaban J connectivity index is 2.18. The number of thiocarbonyl (C=S) groups is 1. The van der Waals surface area contributed by atoms with Crippen molar-refractivity contribution in [3.63, 3.8) is 0 Å². The highest BCUT2D eigenvalue weighted by atomic mass is 32.1. The first-order valence-corrected chi connectivity index (χ1v) is 5.94. The van der Waals surface area contributed by atoms with E-state index in [4.69, 9.17) is 18.0 Å². The highest BCUT2D eigenvalue weighted by molar-refractivity contribution is 7.80. The standard InChI is InChI=1S/C14H11FN2OS/c15-11-4-6-12(7-5-11)17-14(18)10-3-1-2-9(8-10)13(16)19/h1-8H,(H2,16,19)(H,17,18). The molecule has 0 heterocycles. The van der Waals surface area contributed by atoms with E-state index in [0.717, 1.165) is 0 Å². The van der Waals surface area contributed by atoms with E-state index >= 15 is 0 Å². The Labute approximate surface area is 115 Å². The summed E-state index contributed by atoms with van der Waals surface area (Å²) in [4.78, 5) is 12.2. The molecular formula is C14H11FN2OS. The number of hydrogen-bond acceptors (Lipinski definition) is 2. The van der Waals surface area contributed by atoms with Gasteiger partial charge in [-0.2, -0.15) is 0 Å². The Morgan fingerprint density at radius 2 is 1.74 bits per heavy atom. The number of carbonyl (C=O) groups is 1. The smallest absolute Gasteiger partial charge is 0.255 e. The van der Waals surface area contributed by atoms with Crippen LogP contribution in [0.2, 0.25) is 0 Å². The summed E-state index contributed by atoms with van der Waals surface area (Å²) in [5.74, 6) is -0.654. The monoisotopic (exact) mass is 274 g/mol. The molecule has 0 saturated carbocycles. The Morgan fingerprint density at radius 1 is 1.11 bits per heavy atom. The van der Waals surface area contributed by atoms with Crippen LogP contribution >= 0.6 is 12.2 Å². The van der Waals surface area contributed by atoms with Gasteiger partial charge in [-0.25, -0.2) is 4.39 Å². The predicted octanol–water partition coefficient (Wildman–Crippen LogP) is 2.71. The number of hydrogen-bond donors (Lipinski definition) is 2. The second-order valence-corrected chi connectivity index (χ2v) is 4.35. The third kappa shape index (κ3) is 3.35. The molecule has 2 aromatic rings. The minimum Gasteiger partial charge on any atom is -0.389 e. The van der Waals surface area contributed by atoms with Crippen molar-refractivity contribution in [1.29, 1.82) is 0 Å². The molecule has 0 aromatic heterocycles. The van der Waals surface area contributed by atoms with E-state index in [2.05, 4.69) is 5.32 Å². The third-order valence-corrected chi connectivity index (χ3v) is 2.75. The van der Waals surface area contributed by atoms with Crippen molar-refractivity contribution in [2.45, 2.75) is 0 Å². The van der Waals surface area contributed by atoms with Crippen LogP contribution in [0.1, 0.15) is 15.9 Å². The summed E-state index contributed by atoms with van der Waals surface area (Å²) in [6.45, 7) is 0. The minimum absolute atomic E-state index is 0.233. The van der Waals surface area contributed by atoms with Crippen molar-refractivity contribution in [3.8, 4) is 0 Å². The molecule has 0 atom stereocenters. The molecule has 2 rings (SSSR count). The Kier molecular flexibility index (Phi) is 3.87. The van der Waals surface area contributed by atoms with Gasteiger partial charge in [0.1, 0.15) is 10.8 Å². The van der Waals surface area contributed by atoms with Gasteiger partial charge >= 0.3 is 0 Å². The largest absolute Gasteiger partial charge is 0.389 e. The number of nitrogens with one attached hydrogen (secondary N) is 1. The number of carbonyl (C=O) groups excluding carboxylic acids is 1. The van der Waals surface area contributed by atoms with E-state index in [0.29, 0.717) is 16.8 Å². The van der Waals surface area contributed by atoms with Crippen LogP contribution in [0, 0.1) is 5.82 Å². The van der Waals surface area contributed by atoms with Crippen LogP contribution in [0.5, 0.6) is 0 Å². The van der Waals surface area contributed by atoms with Gasteiger partial charge in [0.25, 0.3) is 5.91 Å². The number of amides is 1. The topological polar surface area (TPSA) is 55.1 Å². The molecule has 0 aliphatic heterocycles. The summed E-state index contributed by atoms with van der Waals surface area (Å²) in [6.07, 6.45) is 0. The van der Waals surface area contributed by atoms with Gasteiger partial charge in [-0.15, -0.1) is 0 Å². The van der Waals surface area contributed by atoms with Gasteiger partial charge in [0, 0.05) is 16.8 Å². The molecule has 0 aliphatic rings. The first-order chi connectivity index (χ1) is 9.06. The molecule has 0 saturated heterocycles. The summed E-state index contributed by atoms with van der Waals surface area (Å²) < 4.78 is 12.7. The maximum Gasteiger partial charge on any atom is 0.255 e. The molecule has 19 heavy (non-hydrogen) atoms. The minimum atomic E-state index is -0.353. The van der Waals surface area contributed by atoms with Gasteiger partial charge < -0.3 is 11.1 Å². The highest BCUT2D eigenvalue weighted by Gasteiger charge is 2.07. The quantitative estimate of drug-likeness (QED) is 0.846. The lowest BCUT2D eigenvalue weighted by atomic mass is 10.1.